The summed E-state index contributed by atoms with van der Waals surface area (Å²) in [6, 6.07) is 0. The maximum atomic E-state index is 9.95. The number of nitrogens with one attached hydrogen (secondary N) is 2. The van der Waals surface area contributed by atoms with Gasteiger partial charge in [-0.25, -0.2) is 0 Å². The van der Waals surface area contributed by atoms with Crippen LogP contribution in [0.2, 0.25) is 0 Å². The first kappa shape index (κ1) is 18.2. The predicted molar refractivity (Wildman–Crippen MR) is 87.5 cm³/mol. The zero-order valence-corrected chi connectivity index (χ0v) is 14.2. The van der Waals surface area contributed by atoms with E-state index in [-0.39, 0.29) is 24.6 Å². The third-order valence-electron chi connectivity index (χ3n) is 4.98. The highest BCUT2D eigenvalue weighted by Crippen LogP contribution is 2.43. The molecule has 0 aromatic carbocycles. The molecule has 1 saturated carbocycles. The zero-order chi connectivity index (χ0) is 13.9. The molecule has 4 heteroatoms. The molecule has 0 spiro atoms. The first-order chi connectivity index (χ1) is 8.95. The lowest BCUT2D eigenvalue weighted by atomic mass is 9.64. The standard InChI is InChI=1S/C16H32N2O.ClH/c1-13-8-15(2,3)11-16(9-13,12-19)18-10-14-4-6-17-7-5-14;/h13-14,17-19H,4-12H2,1-3H3;1H. The molecule has 3 nitrogen and oxygen atoms in total. The van der Waals surface area contributed by atoms with Crippen molar-refractivity contribution in [2.75, 3.05) is 26.2 Å². The van der Waals surface area contributed by atoms with Crippen molar-refractivity contribution in [1.82, 2.24) is 10.6 Å². The van der Waals surface area contributed by atoms with E-state index in [4.69, 9.17) is 0 Å². The van der Waals surface area contributed by atoms with E-state index >= 15 is 0 Å². The van der Waals surface area contributed by atoms with Crippen LogP contribution in [0.4, 0.5) is 0 Å². The van der Waals surface area contributed by atoms with Crippen molar-refractivity contribution in [3.05, 3.63) is 0 Å². The minimum absolute atomic E-state index is 0. The topological polar surface area (TPSA) is 44.3 Å². The molecular formula is C16H33ClN2O. The molecule has 2 rings (SSSR count). The minimum atomic E-state index is -0.0357. The summed E-state index contributed by atoms with van der Waals surface area (Å²) in [5, 5.41) is 17.1. The summed E-state index contributed by atoms with van der Waals surface area (Å²) in [7, 11) is 0. The van der Waals surface area contributed by atoms with Crippen molar-refractivity contribution in [2.45, 2.75) is 58.4 Å². The highest BCUT2D eigenvalue weighted by Gasteiger charge is 2.42. The largest absolute Gasteiger partial charge is 0.394 e. The normalized spacial score (nSPS) is 34.5. The molecule has 20 heavy (non-hydrogen) atoms. The minimum Gasteiger partial charge on any atom is -0.394 e. The summed E-state index contributed by atoms with van der Waals surface area (Å²) in [5.74, 6) is 1.49. The first-order valence-electron chi connectivity index (χ1n) is 8.01. The summed E-state index contributed by atoms with van der Waals surface area (Å²) in [6.45, 7) is 10.7. The Bertz CT molecular complexity index is 292. The van der Waals surface area contributed by atoms with Gasteiger partial charge in [0.25, 0.3) is 0 Å². The Morgan fingerprint density at radius 1 is 1.20 bits per heavy atom. The average molecular weight is 305 g/mol. The van der Waals surface area contributed by atoms with E-state index in [9.17, 15) is 5.11 Å². The molecule has 0 aromatic rings. The van der Waals surface area contributed by atoms with Gasteiger partial charge in [-0.1, -0.05) is 20.8 Å². The van der Waals surface area contributed by atoms with Gasteiger partial charge in [0, 0.05) is 5.54 Å². The summed E-state index contributed by atoms with van der Waals surface area (Å²) in [5.41, 5.74) is 0.313. The van der Waals surface area contributed by atoms with Gasteiger partial charge in [0.2, 0.25) is 0 Å². The van der Waals surface area contributed by atoms with Gasteiger partial charge >= 0.3 is 0 Å². The van der Waals surface area contributed by atoms with Crippen LogP contribution >= 0.6 is 12.4 Å². The van der Waals surface area contributed by atoms with Crippen molar-refractivity contribution in [3.63, 3.8) is 0 Å². The van der Waals surface area contributed by atoms with Gasteiger partial charge in [0.05, 0.1) is 6.61 Å². The van der Waals surface area contributed by atoms with E-state index in [0.717, 1.165) is 38.4 Å². The molecule has 0 bridgehead atoms. The molecule has 1 aliphatic heterocycles. The number of halogens is 1. The summed E-state index contributed by atoms with van der Waals surface area (Å²) < 4.78 is 0. The zero-order valence-electron chi connectivity index (χ0n) is 13.4. The van der Waals surface area contributed by atoms with Crippen LogP contribution in [0, 0.1) is 17.3 Å². The Morgan fingerprint density at radius 3 is 2.40 bits per heavy atom. The number of piperidine rings is 1. The SMILES string of the molecule is CC1CC(C)(C)CC(CO)(NCC2CCNCC2)C1.Cl. The number of hydrogen-bond donors (Lipinski definition) is 3. The van der Waals surface area contributed by atoms with E-state index in [2.05, 4.69) is 31.4 Å². The van der Waals surface area contributed by atoms with Gasteiger partial charge < -0.3 is 15.7 Å². The molecular weight excluding hydrogens is 272 g/mol. The first-order valence-corrected chi connectivity index (χ1v) is 8.01. The lowest BCUT2D eigenvalue weighted by Gasteiger charge is -2.48. The fraction of sp³-hybridized carbons (Fsp3) is 1.00. The third-order valence-corrected chi connectivity index (χ3v) is 4.98. The van der Waals surface area contributed by atoms with Crippen LogP contribution in [0.15, 0.2) is 0 Å². The fourth-order valence-corrected chi connectivity index (χ4v) is 4.50. The lowest BCUT2D eigenvalue weighted by molar-refractivity contribution is 0.0329. The summed E-state index contributed by atoms with van der Waals surface area (Å²) in [6.07, 6.45) is 6.05. The predicted octanol–water partition coefficient (Wildman–Crippen LogP) is 2.57. The van der Waals surface area contributed by atoms with Crippen LogP contribution in [0.1, 0.15) is 52.9 Å². The van der Waals surface area contributed by atoms with Gasteiger partial charge in [-0.15, -0.1) is 12.4 Å². The van der Waals surface area contributed by atoms with Gasteiger partial charge in [-0.3, -0.25) is 0 Å². The van der Waals surface area contributed by atoms with E-state index in [1.165, 1.54) is 19.3 Å². The molecule has 120 valence electrons. The van der Waals surface area contributed by atoms with Crippen LogP contribution in [0.5, 0.6) is 0 Å². The molecule has 1 heterocycles. The van der Waals surface area contributed by atoms with E-state index in [1.54, 1.807) is 0 Å². The molecule has 2 unspecified atom stereocenters. The Kier molecular flexibility index (Phi) is 6.78. The molecule has 3 N–H and O–H groups in total. The number of aliphatic hydroxyl groups excluding tert-OH is 1. The number of rotatable bonds is 4. The van der Waals surface area contributed by atoms with Gasteiger partial charge in [-0.05, 0) is 69.0 Å². The molecule has 2 aliphatic rings. The van der Waals surface area contributed by atoms with Gasteiger partial charge in [-0.2, -0.15) is 0 Å². The molecule has 1 saturated heterocycles. The second-order valence-corrected chi connectivity index (χ2v) is 7.87. The second-order valence-electron chi connectivity index (χ2n) is 7.87. The lowest BCUT2D eigenvalue weighted by Crippen LogP contribution is -2.56. The van der Waals surface area contributed by atoms with Crippen LogP contribution in [-0.4, -0.2) is 36.9 Å². The Morgan fingerprint density at radius 2 is 1.85 bits per heavy atom. The monoisotopic (exact) mass is 304 g/mol. The van der Waals surface area contributed by atoms with Crippen molar-refractivity contribution in [3.8, 4) is 0 Å². The van der Waals surface area contributed by atoms with Crippen LogP contribution < -0.4 is 10.6 Å². The fourth-order valence-electron chi connectivity index (χ4n) is 4.50. The van der Waals surface area contributed by atoms with E-state index in [1.807, 2.05) is 0 Å². The molecule has 0 amide bonds. The average Bonchev–Trinajstić information content (AvgIpc) is 2.35. The highest BCUT2D eigenvalue weighted by molar-refractivity contribution is 5.85. The quantitative estimate of drug-likeness (QED) is 0.748. The van der Waals surface area contributed by atoms with Crippen molar-refractivity contribution in [2.24, 2.45) is 17.3 Å². The van der Waals surface area contributed by atoms with Gasteiger partial charge in [0.1, 0.15) is 0 Å². The van der Waals surface area contributed by atoms with Crippen molar-refractivity contribution in [1.29, 1.82) is 0 Å². The van der Waals surface area contributed by atoms with Crippen LogP contribution in [-0.2, 0) is 0 Å². The Hall–Kier alpha value is 0.170. The van der Waals surface area contributed by atoms with Crippen LogP contribution in [0.3, 0.4) is 0 Å². The maximum Gasteiger partial charge on any atom is 0.0613 e. The number of hydrogen-bond acceptors (Lipinski definition) is 3. The summed E-state index contributed by atoms with van der Waals surface area (Å²) in [4.78, 5) is 0. The molecule has 2 atom stereocenters. The smallest absolute Gasteiger partial charge is 0.0613 e. The molecule has 0 radical (unpaired) electrons. The maximum absolute atomic E-state index is 9.95. The van der Waals surface area contributed by atoms with Crippen LogP contribution in [0.25, 0.3) is 0 Å². The van der Waals surface area contributed by atoms with Crippen molar-refractivity contribution < 1.29 is 5.11 Å². The Labute approximate surface area is 130 Å². The summed E-state index contributed by atoms with van der Waals surface area (Å²) >= 11 is 0. The Balaban J connectivity index is 0.00000200. The van der Waals surface area contributed by atoms with E-state index < -0.39 is 0 Å². The third kappa shape index (κ3) is 4.87. The second kappa shape index (κ2) is 7.44. The van der Waals surface area contributed by atoms with Gasteiger partial charge in [0.15, 0.2) is 0 Å². The highest BCUT2D eigenvalue weighted by atomic mass is 35.5. The molecule has 2 fully saturated rings. The van der Waals surface area contributed by atoms with E-state index in [0.29, 0.717) is 11.3 Å². The van der Waals surface area contributed by atoms with Crippen molar-refractivity contribution >= 4 is 12.4 Å². The number of aliphatic hydroxyl groups is 1. The molecule has 1 aliphatic carbocycles. The molecule has 0 aromatic heterocycles.